The Kier molecular flexibility index (Phi) is 6.27. The molecular weight excluding hydrogens is 372 g/mol. The highest BCUT2D eigenvalue weighted by Gasteiger charge is 2.20. The van der Waals surface area contributed by atoms with Gasteiger partial charge in [0.25, 0.3) is 0 Å². The van der Waals surface area contributed by atoms with Crippen molar-refractivity contribution in [3.63, 3.8) is 0 Å². The molecule has 2 aromatic heterocycles. The Morgan fingerprint density at radius 3 is 2.78 bits per heavy atom. The van der Waals surface area contributed by atoms with E-state index in [1.54, 1.807) is 11.3 Å². The highest BCUT2D eigenvalue weighted by atomic mass is 32.2. The van der Waals surface area contributed by atoms with Gasteiger partial charge in [0.1, 0.15) is 5.82 Å². The third-order valence-electron chi connectivity index (χ3n) is 5.23. The van der Waals surface area contributed by atoms with Crippen LogP contribution in [0.2, 0.25) is 0 Å². The standard InChI is InChI=1S/C21H26N4S2/c1-24-13-6-5-8-17(24)12-15-27-21-23-22-20(16-19-11-7-14-26-19)25(21)18-9-3-2-4-10-18/h2-4,7,9-11,14,17H,5-6,8,12-13,15-16H2,1H3. The summed E-state index contributed by atoms with van der Waals surface area (Å²) in [6.45, 7) is 1.24. The quantitative estimate of drug-likeness (QED) is 0.531. The van der Waals surface area contributed by atoms with E-state index < -0.39 is 0 Å². The highest BCUT2D eigenvalue weighted by Crippen LogP contribution is 2.27. The van der Waals surface area contributed by atoms with Crippen molar-refractivity contribution in [3.8, 4) is 5.69 Å². The first-order valence-corrected chi connectivity index (χ1v) is 11.5. The van der Waals surface area contributed by atoms with Crippen molar-refractivity contribution in [2.45, 2.75) is 43.3 Å². The summed E-state index contributed by atoms with van der Waals surface area (Å²) < 4.78 is 2.23. The van der Waals surface area contributed by atoms with Crippen molar-refractivity contribution < 1.29 is 0 Å². The molecule has 0 N–H and O–H groups in total. The van der Waals surface area contributed by atoms with Crippen molar-refractivity contribution >= 4 is 23.1 Å². The summed E-state index contributed by atoms with van der Waals surface area (Å²) in [6, 6.07) is 15.5. The number of nitrogens with zero attached hydrogens (tertiary/aromatic N) is 4. The van der Waals surface area contributed by atoms with Crippen LogP contribution in [0.15, 0.2) is 53.0 Å². The summed E-state index contributed by atoms with van der Waals surface area (Å²) in [6.07, 6.45) is 6.07. The van der Waals surface area contributed by atoms with Crippen LogP contribution in [0.4, 0.5) is 0 Å². The minimum Gasteiger partial charge on any atom is -0.303 e. The molecular formula is C21H26N4S2. The van der Waals surface area contributed by atoms with Crippen LogP contribution in [-0.4, -0.2) is 45.1 Å². The van der Waals surface area contributed by atoms with E-state index in [0.717, 1.165) is 28.8 Å². The molecule has 0 aliphatic carbocycles. The molecule has 0 bridgehead atoms. The lowest BCUT2D eigenvalue weighted by atomic mass is 10.0. The summed E-state index contributed by atoms with van der Waals surface area (Å²) in [5, 5.41) is 12.2. The second-order valence-corrected chi connectivity index (χ2v) is 9.19. The van der Waals surface area contributed by atoms with Crippen LogP contribution in [-0.2, 0) is 6.42 Å². The van der Waals surface area contributed by atoms with Crippen LogP contribution in [0, 0.1) is 0 Å². The lowest BCUT2D eigenvalue weighted by Crippen LogP contribution is -2.36. The number of likely N-dealkylation sites (tertiary alicyclic amines) is 1. The number of benzene rings is 1. The van der Waals surface area contributed by atoms with E-state index in [1.165, 1.54) is 37.1 Å². The molecule has 1 aliphatic heterocycles. The minimum atomic E-state index is 0.713. The summed E-state index contributed by atoms with van der Waals surface area (Å²) in [5.74, 6) is 2.10. The summed E-state index contributed by atoms with van der Waals surface area (Å²) in [5.41, 5.74) is 1.14. The summed E-state index contributed by atoms with van der Waals surface area (Å²) in [7, 11) is 2.26. The smallest absolute Gasteiger partial charge is 0.195 e. The second-order valence-electron chi connectivity index (χ2n) is 7.09. The molecule has 4 nitrogen and oxygen atoms in total. The number of hydrogen-bond donors (Lipinski definition) is 0. The van der Waals surface area contributed by atoms with Crippen LogP contribution >= 0.6 is 23.1 Å². The number of para-hydroxylation sites is 1. The molecule has 1 aliphatic rings. The van der Waals surface area contributed by atoms with Gasteiger partial charge in [-0.15, -0.1) is 21.5 Å². The van der Waals surface area contributed by atoms with Gasteiger partial charge in [-0.3, -0.25) is 4.57 Å². The first-order valence-electron chi connectivity index (χ1n) is 9.66. The van der Waals surface area contributed by atoms with Crippen LogP contribution in [0.5, 0.6) is 0 Å². The first-order chi connectivity index (χ1) is 13.3. The van der Waals surface area contributed by atoms with Crippen LogP contribution in [0.1, 0.15) is 36.4 Å². The van der Waals surface area contributed by atoms with E-state index in [1.807, 2.05) is 11.8 Å². The third-order valence-corrected chi connectivity index (χ3v) is 7.07. The van der Waals surface area contributed by atoms with Gasteiger partial charge in [0.15, 0.2) is 5.16 Å². The van der Waals surface area contributed by atoms with Gasteiger partial charge in [0.2, 0.25) is 0 Å². The van der Waals surface area contributed by atoms with Crippen LogP contribution in [0.3, 0.4) is 0 Å². The topological polar surface area (TPSA) is 34.0 Å². The maximum atomic E-state index is 4.54. The molecule has 3 heterocycles. The largest absolute Gasteiger partial charge is 0.303 e. The fourth-order valence-corrected chi connectivity index (χ4v) is 5.42. The zero-order valence-electron chi connectivity index (χ0n) is 15.8. The van der Waals surface area contributed by atoms with Gasteiger partial charge in [-0.25, -0.2) is 0 Å². The van der Waals surface area contributed by atoms with Gasteiger partial charge in [-0.05, 0) is 56.4 Å². The van der Waals surface area contributed by atoms with Gasteiger partial charge in [0, 0.05) is 28.8 Å². The van der Waals surface area contributed by atoms with E-state index in [2.05, 4.69) is 74.6 Å². The predicted octanol–water partition coefficient (Wildman–Crippen LogP) is 4.89. The molecule has 1 saturated heterocycles. The van der Waals surface area contributed by atoms with Gasteiger partial charge in [0.05, 0.1) is 0 Å². The molecule has 6 heteroatoms. The number of piperidine rings is 1. The number of aromatic nitrogens is 3. The van der Waals surface area contributed by atoms with Gasteiger partial charge >= 0.3 is 0 Å². The molecule has 4 rings (SSSR count). The Bertz CT molecular complexity index is 829. The van der Waals surface area contributed by atoms with Crippen molar-refractivity contribution in [2.24, 2.45) is 0 Å². The molecule has 1 aromatic carbocycles. The maximum absolute atomic E-state index is 4.54. The highest BCUT2D eigenvalue weighted by molar-refractivity contribution is 7.99. The van der Waals surface area contributed by atoms with Crippen LogP contribution in [0.25, 0.3) is 5.69 Å². The zero-order chi connectivity index (χ0) is 18.5. The van der Waals surface area contributed by atoms with Crippen molar-refractivity contribution in [3.05, 3.63) is 58.5 Å². The van der Waals surface area contributed by atoms with Gasteiger partial charge in [-0.2, -0.15) is 0 Å². The molecule has 1 fully saturated rings. The Labute approximate surface area is 169 Å². The molecule has 0 spiro atoms. The Balaban J connectivity index is 1.50. The Morgan fingerprint density at radius 1 is 1.11 bits per heavy atom. The molecule has 1 atom stereocenters. The number of thiophene rings is 1. The normalized spacial score (nSPS) is 18.0. The van der Waals surface area contributed by atoms with Gasteiger partial charge < -0.3 is 4.90 Å². The first kappa shape index (κ1) is 18.7. The van der Waals surface area contributed by atoms with Crippen molar-refractivity contribution in [2.75, 3.05) is 19.3 Å². The minimum absolute atomic E-state index is 0.713. The maximum Gasteiger partial charge on any atom is 0.195 e. The van der Waals surface area contributed by atoms with Crippen LogP contribution < -0.4 is 0 Å². The summed E-state index contributed by atoms with van der Waals surface area (Å²) in [4.78, 5) is 3.84. The monoisotopic (exact) mass is 398 g/mol. The fraction of sp³-hybridized carbons (Fsp3) is 0.429. The second kappa shape index (κ2) is 9.04. The van der Waals surface area contributed by atoms with E-state index in [9.17, 15) is 0 Å². The molecule has 0 radical (unpaired) electrons. The van der Waals surface area contributed by atoms with Crippen molar-refractivity contribution in [1.82, 2.24) is 19.7 Å². The lowest BCUT2D eigenvalue weighted by Gasteiger charge is -2.32. The van der Waals surface area contributed by atoms with Gasteiger partial charge in [-0.1, -0.05) is 42.4 Å². The zero-order valence-corrected chi connectivity index (χ0v) is 17.4. The van der Waals surface area contributed by atoms with E-state index in [0.29, 0.717) is 6.04 Å². The van der Waals surface area contributed by atoms with E-state index >= 15 is 0 Å². The number of thioether (sulfide) groups is 1. The molecule has 1 unspecified atom stereocenters. The van der Waals surface area contributed by atoms with E-state index in [-0.39, 0.29) is 0 Å². The predicted molar refractivity (Wildman–Crippen MR) is 114 cm³/mol. The molecule has 27 heavy (non-hydrogen) atoms. The Hall–Kier alpha value is -1.63. The molecule has 0 amide bonds. The molecule has 0 saturated carbocycles. The fourth-order valence-electron chi connectivity index (χ4n) is 3.71. The SMILES string of the molecule is CN1CCCCC1CCSc1nnc(Cc2cccs2)n1-c1ccccc1. The Morgan fingerprint density at radius 2 is 2.00 bits per heavy atom. The number of hydrogen-bond acceptors (Lipinski definition) is 5. The molecule has 142 valence electrons. The summed E-state index contributed by atoms with van der Waals surface area (Å²) >= 11 is 3.61. The average Bonchev–Trinajstić information content (AvgIpc) is 3.34. The van der Waals surface area contributed by atoms with E-state index in [4.69, 9.17) is 0 Å². The lowest BCUT2D eigenvalue weighted by molar-refractivity contribution is 0.182. The van der Waals surface area contributed by atoms with Crippen molar-refractivity contribution in [1.29, 1.82) is 0 Å². The molecule has 3 aromatic rings. The number of rotatable bonds is 7. The third kappa shape index (κ3) is 4.62. The average molecular weight is 399 g/mol.